The Bertz CT molecular complexity index is 98.4. The van der Waals surface area contributed by atoms with Crippen LogP contribution in [0.4, 0.5) is 0 Å². The van der Waals surface area contributed by atoms with Crippen LogP contribution in [0.2, 0.25) is 19.1 Å². The molecule has 0 aliphatic heterocycles. The molecule has 2 nitrogen and oxygen atoms in total. The highest BCUT2D eigenvalue weighted by Gasteiger charge is 2.20. The highest BCUT2D eigenvalue weighted by atomic mass is 29.2. The van der Waals surface area contributed by atoms with Crippen molar-refractivity contribution in [1.82, 2.24) is 0 Å². The summed E-state index contributed by atoms with van der Waals surface area (Å²) in [6.07, 6.45) is 1.20. The van der Waals surface area contributed by atoms with Gasteiger partial charge in [0.2, 0.25) is 0 Å². The highest BCUT2D eigenvalue weighted by molar-refractivity contribution is 7.20. The van der Waals surface area contributed by atoms with Crippen LogP contribution in [-0.4, -0.2) is 30.0 Å². The van der Waals surface area contributed by atoms with Crippen LogP contribution in [0.25, 0.3) is 0 Å². The van der Waals surface area contributed by atoms with Crippen LogP contribution in [0, 0.1) is 0 Å². The zero-order valence-electron chi connectivity index (χ0n) is 8.02. The molecule has 4 heteroatoms. The summed E-state index contributed by atoms with van der Waals surface area (Å²) in [6.45, 7) is 8.50. The molecule has 0 aromatic carbocycles. The first-order chi connectivity index (χ1) is 5.12. The van der Waals surface area contributed by atoms with Gasteiger partial charge in [-0.3, -0.25) is 0 Å². The molecule has 0 rings (SSSR count). The first-order valence-electron chi connectivity index (χ1n) is 4.46. The first kappa shape index (κ1) is 11.4. The lowest BCUT2D eigenvalue weighted by Crippen LogP contribution is -2.38. The maximum Gasteiger partial charge on any atom is 0.166 e. The van der Waals surface area contributed by atoms with Crippen molar-refractivity contribution in [2.45, 2.75) is 32.5 Å². The van der Waals surface area contributed by atoms with Gasteiger partial charge < -0.3 is 10.2 Å². The van der Waals surface area contributed by atoms with Gasteiger partial charge in [0.1, 0.15) is 0 Å². The molecule has 0 saturated heterocycles. The van der Waals surface area contributed by atoms with E-state index in [4.69, 9.17) is 10.2 Å². The Hall–Kier alpha value is 0.354. The lowest BCUT2D eigenvalue weighted by Gasteiger charge is -2.21. The normalized spacial score (nSPS) is 13.1. The number of hydrogen-bond acceptors (Lipinski definition) is 2. The van der Waals surface area contributed by atoms with Crippen LogP contribution in [0.15, 0.2) is 0 Å². The molecule has 0 bridgehead atoms. The Morgan fingerprint density at radius 1 is 1.45 bits per heavy atom. The zero-order valence-corrected chi connectivity index (χ0v) is 10.4. The maximum absolute atomic E-state index is 5.74. The smallest absolute Gasteiger partial charge is 0.166 e. The van der Waals surface area contributed by atoms with Gasteiger partial charge in [-0.15, -0.1) is 0 Å². The molecule has 68 valence electrons. The van der Waals surface area contributed by atoms with E-state index >= 15 is 0 Å². The second kappa shape index (κ2) is 5.94. The Morgan fingerprint density at radius 3 is 2.55 bits per heavy atom. The third-order valence-electron chi connectivity index (χ3n) is 1.77. The zero-order chi connectivity index (χ0) is 8.74. The van der Waals surface area contributed by atoms with E-state index in [2.05, 4.69) is 20.0 Å². The molecule has 0 saturated carbocycles. The molecule has 0 radical (unpaired) electrons. The van der Waals surface area contributed by atoms with Gasteiger partial charge in [0.15, 0.2) is 7.83 Å². The standard InChI is InChI=1S/C7H21NOSi2/c1-4-9-11(2,3)10-7-5-6-8/h4-8,10H2,1-3H3. The summed E-state index contributed by atoms with van der Waals surface area (Å²) in [7, 11) is -1.10. The minimum Gasteiger partial charge on any atom is -0.421 e. The summed E-state index contributed by atoms with van der Waals surface area (Å²) in [5, 5.41) is 0. The summed E-state index contributed by atoms with van der Waals surface area (Å²) in [6, 6.07) is 1.37. The van der Waals surface area contributed by atoms with E-state index in [0.29, 0.717) is 0 Å². The highest BCUT2D eigenvalue weighted by Crippen LogP contribution is 2.04. The molecular weight excluding hydrogens is 170 g/mol. The summed E-state index contributed by atoms with van der Waals surface area (Å²) in [5.41, 5.74) is 5.43. The van der Waals surface area contributed by atoms with E-state index < -0.39 is 7.83 Å². The Balaban J connectivity index is 3.38. The van der Waals surface area contributed by atoms with Crippen LogP contribution in [0.5, 0.6) is 0 Å². The summed E-state index contributed by atoms with van der Waals surface area (Å²) < 4.78 is 5.74. The Labute approximate surface area is 73.2 Å². The van der Waals surface area contributed by atoms with E-state index in [1.165, 1.54) is 12.5 Å². The van der Waals surface area contributed by atoms with Crippen molar-refractivity contribution < 1.29 is 4.43 Å². The fraction of sp³-hybridized carbons (Fsp3) is 1.00. The van der Waals surface area contributed by atoms with Crippen molar-refractivity contribution in [3.8, 4) is 0 Å². The molecule has 0 unspecified atom stereocenters. The van der Waals surface area contributed by atoms with Crippen molar-refractivity contribution in [3.63, 3.8) is 0 Å². The summed E-state index contributed by atoms with van der Waals surface area (Å²) in [5.74, 6) is 0. The molecule has 0 amide bonds. The van der Waals surface area contributed by atoms with Gasteiger partial charge >= 0.3 is 0 Å². The molecule has 0 aromatic rings. The van der Waals surface area contributed by atoms with Gasteiger partial charge in [-0.25, -0.2) is 0 Å². The van der Waals surface area contributed by atoms with Crippen LogP contribution in [0.1, 0.15) is 13.3 Å². The van der Waals surface area contributed by atoms with E-state index in [9.17, 15) is 0 Å². The van der Waals surface area contributed by atoms with Crippen molar-refractivity contribution in [3.05, 3.63) is 0 Å². The maximum atomic E-state index is 5.74. The second-order valence-corrected chi connectivity index (χ2v) is 15.1. The average Bonchev–Trinajstić information content (AvgIpc) is 1.87. The Kier molecular flexibility index (Phi) is 6.13. The monoisotopic (exact) mass is 191 g/mol. The fourth-order valence-corrected chi connectivity index (χ4v) is 7.82. The minimum absolute atomic E-state index is 0.0539. The van der Waals surface area contributed by atoms with E-state index in [1.807, 2.05) is 0 Å². The largest absolute Gasteiger partial charge is 0.421 e. The van der Waals surface area contributed by atoms with Crippen LogP contribution >= 0.6 is 0 Å². The van der Waals surface area contributed by atoms with Crippen molar-refractivity contribution in [2.24, 2.45) is 5.73 Å². The van der Waals surface area contributed by atoms with Gasteiger partial charge in [0.05, 0.1) is 0 Å². The summed E-state index contributed by atoms with van der Waals surface area (Å²) >= 11 is 0. The topological polar surface area (TPSA) is 35.2 Å². The third kappa shape index (κ3) is 6.74. The molecule has 11 heavy (non-hydrogen) atoms. The molecular formula is C7H21NOSi2. The van der Waals surface area contributed by atoms with Crippen LogP contribution < -0.4 is 5.73 Å². The van der Waals surface area contributed by atoms with Gasteiger partial charge in [-0.1, -0.05) is 6.04 Å². The number of hydrogen-bond donors (Lipinski definition) is 1. The van der Waals surface area contributed by atoms with Crippen molar-refractivity contribution in [2.75, 3.05) is 13.2 Å². The minimum atomic E-state index is -1.16. The van der Waals surface area contributed by atoms with Crippen molar-refractivity contribution in [1.29, 1.82) is 0 Å². The lowest BCUT2D eigenvalue weighted by molar-refractivity contribution is 0.343. The molecule has 0 aliphatic rings. The van der Waals surface area contributed by atoms with Crippen LogP contribution in [-0.2, 0) is 4.43 Å². The SMILES string of the molecule is CCO[Si](C)(C)[SiH2]CCCN. The molecule has 2 N–H and O–H groups in total. The molecule has 0 aromatic heterocycles. The average molecular weight is 191 g/mol. The third-order valence-corrected chi connectivity index (χ3v) is 10.2. The van der Waals surface area contributed by atoms with Gasteiger partial charge in [-0.2, -0.15) is 0 Å². The van der Waals surface area contributed by atoms with E-state index in [1.54, 1.807) is 0 Å². The van der Waals surface area contributed by atoms with Crippen LogP contribution in [0.3, 0.4) is 0 Å². The molecule has 0 spiro atoms. The lowest BCUT2D eigenvalue weighted by atomic mass is 10.5. The predicted molar refractivity (Wildman–Crippen MR) is 56.1 cm³/mol. The molecule has 0 aliphatic carbocycles. The summed E-state index contributed by atoms with van der Waals surface area (Å²) in [4.78, 5) is 0. The molecule has 0 fully saturated rings. The number of nitrogens with two attached hydrogens (primary N) is 1. The van der Waals surface area contributed by atoms with Gasteiger partial charge in [-0.05, 0) is 33.0 Å². The second-order valence-electron chi connectivity index (χ2n) is 3.44. The van der Waals surface area contributed by atoms with Crippen molar-refractivity contribution >= 4 is 16.9 Å². The molecule has 0 atom stereocenters. The van der Waals surface area contributed by atoms with E-state index in [-0.39, 0.29) is 9.04 Å². The van der Waals surface area contributed by atoms with Gasteiger partial charge in [0, 0.05) is 15.6 Å². The Morgan fingerprint density at radius 2 is 2.09 bits per heavy atom. The quantitative estimate of drug-likeness (QED) is 0.494. The number of rotatable bonds is 6. The first-order valence-corrected chi connectivity index (χ1v) is 10.7. The molecule has 0 heterocycles. The van der Waals surface area contributed by atoms with Gasteiger partial charge in [0.25, 0.3) is 0 Å². The van der Waals surface area contributed by atoms with E-state index in [0.717, 1.165) is 13.2 Å². The fourth-order valence-electron chi connectivity index (χ4n) is 1.16. The predicted octanol–water partition coefficient (Wildman–Crippen LogP) is 0.661.